The number of halogens is 1. The van der Waals surface area contributed by atoms with E-state index < -0.39 is 15.2 Å². The minimum Gasteiger partial charge on any atom is -0.384 e. The Balaban J connectivity index is 2.52. The number of sulfone groups is 1. The number of benzene rings is 1. The quantitative estimate of drug-likeness (QED) is 0.617. The molecule has 1 aliphatic heterocycles. The maximum Gasteiger partial charge on any atom is 0.169 e. The lowest BCUT2D eigenvalue weighted by Gasteiger charge is -2.37. The smallest absolute Gasteiger partial charge is 0.169 e. The fraction of sp³-hybridized carbons (Fsp3) is 0.417. The molecule has 110 valence electrons. The molecule has 1 saturated heterocycles. The van der Waals surface area contributed by atoms with Crippen LogP contribution >= 0.6 is 27.7 Å². The van der Waals surface area contributed by atoms with E-state index in [1.165, 1.54) is 6.26 Å². The van der Waals surface area contributed by atoms with E-state index in [1.54, 1.807) is 23.9 Å². The highest BCUT2D eigenvalue weighted by atomic mass is 79.9. The predicted octanol–water partition coefficient (Wildman–Crippen LogP) is 1.66. The van der Waals surface area contributed by atoms with Crippen molar-refractivity contribution >= 4 is 49.1 Å². The lowest BCUT2D eigenvalue weighted by Crippen LogP contribution is -2.47. The first-order valence-electron chi connectivity index (χ1n) is 5.98. The highest BCUT2D eigenvalue weighted by Crippen LogP contribution is 2.31. The van der Waals surface area contributed by atoms with Crippen LogP contribution in [0.4, 0.5) is 5.69 Å². The zero-order valence-corrected chi connectivity index (χ0v) is 14.2. The minimum atomic E-state index is -3.20. The Morgan fingerprint density at radius 3 is 2.85 bits per heavy atom. The van der Waals surface area contributed by atoms with Crippen molar-refractivity contribution in [2.75, 3.05) is 29.2 Å². The van der Waals surface area contributed by atoms with Crippen LogP contribution in [0.5, 0.6) is 0 Å². The van der Waals surface area contributed by atoms with Gasteiger partial charge in [0.15, 0.2) is 9.84 Å². The second-order valence-corrected chi connectivity index (χ2v) is 8.90. The number of nitrogen functional groups attached to an aromatic ring is 1. The van der Waals surface area contributed by atoms with E-state index in [0.717, 1.165) is 10.2 Å². The van der Waals surface area contributed by atoms with Gasteiger partial charge < -0.3 is 10.6 Å². The van der Waals surface area contributed by atoms with E-state index in [2.05, 4.69) is 15.9 Å². The number of nitrogens with zero attached hydrogens (tertiary/aromatic N) is 1. The molecule has 3 N–H and O–H groups in total. The van der Waals surface area contributed by atoms with Gasteiger partial charge >= 0.3 is 0 Å². The first-order valence-corrected chi connectivity index (χ1v) is 9.88. The summed E-state index contributed by atoms with van der Waals surface area (Å²) in [5.74, 6) is 1.33. The molecule has 0 amide bonds. The molecule has 0 aromatic heterocycles. The van der Waals surface area contributed by atoms with Gasteiger partial charge in [0.1, 0.15) is 11.2 Å². The molecule has 0 spiro atoms. The topological polar surface area (TPSA) is 87.2 Å². The van der Waals surface area contributed by atoms with Crippen molar-refractivity contribution < 1.29 is 8.42 Å². The van der Waals surface area contributed by atoms with Gasteiger partial charge in [-0.25, -0.2) is 8.42 Å². The van der Waals surface area contributed by atoms with Gasteiger partial charge in [-0.05, 0) is 18.2 Å². The number of nitrogens with two attached hydrogens (primary N) is 1. The number of hydrogen-bond donors (Lipinski definition) is 2. The molecule has 2 rings (SSSR count). The van der Waals surface area contributed by atoms with E-state index in [-0.39, 0.29) is 5.84 Å². The predicted molar refractivity (Wildman–Crippen MR) is 88.5 cm³/mol. The summed E-state index contributed by atoms with van der Waals surface area (Å²) in [6, 6.07) is 5.36. The van der Waals surface area contributed by atoms with Crippen LogP contribution in [-0.2, 0) is 9.84 Å². The van der Waals surface area contributed by atoms with Gasteiger partial charge in [-0.3, -0.25) is 5.41 Å². The average molecular weight is 378 g/mol. The Morgan fingerprint density at radius 2 is 2.25 bits per heavy atom. The number of anilines is 1. The molecule has 20 heavy (non-hydrogen) atoms. The van der Waals surface area contributed by atoms with Crippen LogP contribution in [0, 0.1) is 5.41 Å². The molecule has 1 unspecified atom stereocenters. The van der Waals surface area contributed by atoms with Gasteiger partial charge in [-0.2, -0.15) is 11.8 Å². The van der Waals surface area contributed by atoms with E-state index in [9.17, 15) is 8.42 Å². The molecule has 5 nitrogen and oxygen atoms in total. The molecule has 1 aromatic carbocycles. The molecule has 0 aliphatic carbocycles. The zero-order chi connectivity index (χ0) is 14.9. The summed E-state index contributed by atoms with van der Waals surface area (Å²) < 4.78 is 24.8. The van der Waals surface area contributed by atoms with Gasteiger partial charge in [0.05, 0.1) is 0 Å². The number of amidine groups is 1. The molecule has 1 aromatic rings. The maximum absolute atomic E-state index is 12.0. The second-order valence-electron chi connectivity index (χ2n) is 4.63. The van der Waals surface area contributed by atoms with Crippen LogP contribution in [0.3, 0.4) is 0 Å². The summed E-state index contributed by atoms with van der Waals surface area (Å²) >= 11 is 5.02. The molecule has 0 radical (unpaired) electrons. The van der Waals surface area contributed by atoms with Crippen LogP contribution in [0.2, 0.25) is 0 Å². The molecule has 1 atom stereocenters. The van der Waals surface area contributed by atoms with Crippen LogP contribution in [0.25, 0.3) is 0 Å². The van der Waals surface area contributed by atoms with Crippen molar-refractivity contribution in [1.29, 1.82) is 5.41 Å². The maximum atomic E-state index is 12.0. The highest BCUT2D eigenvalue weighted by Gasteiger charge is 2.32. The standard InChI is InChI=1S/C12H16BrN3O2S2/c1-20(17,18)11-7-19-5-4-16(11)10-6-8(13)2-3-9(10)12(14)15/h2-3,6,11H,4-5,7H2,1H3,(H3,14,15). The lowest BCUT2D eigenvalue weighted by atomic mass is 10.1. The Hall–Kier alpha value is -0.730. The third-order valence-electron chi connectivity index (χ3n) is 3.14. The minimum absolute atomic E-state index is 0.0574. The number of nitrogens with one attached hydrogen (secondary N) is 1. The second kappa shape index (κ2) is 5.95. The molecule has 1 heterocycles. The van der Waals surface area contributed by atoms with Gasteiger partial charge in [-0.1, -0.05) is 15.9 Å². The number of rotatable bonds is 3. The third-order valence-corrected chi connectivity index (χ3v) is 6.27. The van der Waals surface area contributed by atoms with E-state index in [4.69, 9.17) is 11.1 Å². The molecule has 0 saturated carbocycles. The first-order chi connectivity index (χ1) is 9.30. The van der Waals surface area contributed by atoms with Gasteiger partial charge in [0.25, 0.3) is 0 Å². The summed E-state index contributed by atoms with van der Waals surface area (Å²) in [5, 5.41) is 7.09. The van der Waals surface area contributed by atoms with Crippen molar-refractivity contribution in [3.05, 3.63) is 28.2 Å². The van der Waals surface area contributed by atoms with Crippen molar-refractivity contribution in [3.8, 4) is 0 Å². The van der Waals surface area contributed by atoms with Crippen LogP contribution < -0.4 is 10.6 Å². The Morgan fingerprint density at radius 1 is 1.55 bits per heavy atom. The van der Waals surface area contributed by atoms with E-state index in [0.29, 0.717) is 23.5 Å². The SMILES string of the molecule is CS(=O)(=O)C1CSCCN1c1cc(Br)ccc1C(=N)N. The van der Waals surface area contributed by atoms with E-state index in [1.807, 2.05) is 11.0 Å². The van der Waals surface area contributed by atoms with Gasteiger partial charge in [0, 0.05) is 40.0 Å². The summed E-state index contributed by atoms with van der Waals surface area (Å²) in [4.78, 5) is 1.84. The van der Waals surface area contributed by atoms with Crippen molar-refractivity contribution in [2.45, 2.75) is 5.37 Å². The summed E-state index contributed by atoms with van der Waals surface area (Å²) in [7, 11) is -3.20. The Bertz CT molecular complexity index is 634. The van der Waals surface area contributed by atoms with E-state index >= 15 is 0 Å². The number of thioether (sulfide) groups is 1. The fourth-order valence-electron chi connectivity index (χ4n) is 2.18. The van der Waals surface area contributed by atoms with Gasteiger partial charge in [0.2, 0.25) is 0 Å². The van der Waals surface area contributed by atoms with Crippen molar-refractivity contribution in [2.24, 2.45) is 5.73 Å². The van der Waals surface area contributed by atoms with Crippen LogP contribution in [0.15, 0.2) is 22.7 Å². The summed E-state index contributed by atoms with van der Waals surface area (Å²) in [5.41, 5.74) is 6.87. The zero-order valence-electron chi connectivity index (χ0n) is 11.0. The fourth-order valence-corrected chi connectivity index (χ4v) is 5.36. The summed E-state index contributed by atoms with van der Waals surface area (Å²) in [6.45, 7) is 0.624. The Kier molecular flexibility index (Phi) is 4.66. The average Bonchev–Trinajstić information content (AvgIpc) is 2.37. The molecule has 8 heteroatoms. The molecule has 0 bridgehead atoms. The van der Waals surface area contributed by atoms with Crippen molar-refractivity contribution in [3.63, 3.8) is 0 Å². The summed E-state index contributed by atoms with van der Waals surface area (Å²) in [6.07, 6.45) is 1.25. The van der Waals surface area contributed by atoms with Crippen LogP contribution in [0.1, 0.15) is 5.56 Å². The highest BCUT2D eigenvalue weighted by molar-refractivity contribution is 9.10. The lowest BCUT2D eigenvalue weighted by molar-refractivity contribution is 0.584. The largest absolute Gasteiger partial charge is 0.384 e. The van der Waals surface area contributed by atoms with Crippen LogP contribution in [-0.4, -0.2) is 43.9 Å². The first kappa shape index (κ1) is 15.7. The normalized spacial score (nSPS) is 19.9. The molecular weight excluding hydrogens is 362 g/mol. The van der Waals surface area contributed by atoms with Gasteiger partial charge in [-0.15, -0.1) is 0 Å². The number of hydrogen-bond acceptors (Lipinski definition) is 5. The monoisotopic (exact) mass is 377 g/mol. The molecular formula is C12H16BrN3O2S2. The third kappa shape index (κ3) is 3.29. The van der Waals surface area contributed by atoms with Crippen molar-refractivity contribution in [1.82, 2.24) is 0 Å². The molecule has 1 aliphatic rings. The Labute approximate surface area is 131 Å². The molecule has 1 fully saturated rings.